The minimum atomic E-state index is -1.13. The average molecular weight is 199 g/mol. The molecule has 0 aliphatic carbocycles. The minimum absolute atomic E-state index is 0.163. The molecule has 1 heterocycles. The van der Waals surface area contributed by atoms with Gasteiger partial charge in [0.05, 0.1) is 11.1 Å². The second-order valence-electron chi connectivity index (χ2n) is 3.18. The van der Waals surface area contributed by atoms with E-state index in [2.05, 4.69) is 4.98 Å². The Labute approximate surface area is 78.5 Å². The summed E-state index contributed by atoms with van der Waals surface area (Å²) in [7, 11) is 0. The van der Waals surface area contributed by atoms with Crippen molar-refractivity contribution in [2.45, 2.75) is 13.6 Å². The van der Waals surface area contributed by atoms with E-state index in [1.165, 1.54) is 0 Å². The highest BCUT2D eigenvalue weighted by atomic mass is 19.1. The third-order valence-electron chi connectivity index (χ3n) is 2.30. The van der Waals surface area contributed by atoms with Crippen LogP contribution in [-0.2, 0) is 6.67 Å². The highest BCUT2D eigenvalue weighted by Gasteiger charge is 2.15. The molecule has 0 saturated carbocycles. The fraction of sp³-hybridized carbons (Fsp3) is 0.200. The molecule has 2 aromatic rings. The van der Waals surface area contributed by atoms with Crippen LogP contribution in [0.15, 0.2) is 12.3 Å². The Hall–Kier alpha value is -1.45. The van der Waals surface area contributed by atoms with Gasteiger partial charge in [-0.05, 0) is 18.6 Å². The van der Waals surface area contributed by atoms with Crippen molar-refractivity contribution in [2.24, 2.45) is 0 Å². The van der Waals surface area contributed by atoms with Crippen molar-refractivity contribution in [1.82, 2.24) is 4.98 Å². The molecule has 0 saturated heterocycles. The van der Waals surface area contributed by atoms with Crippen LogP contribution in [0.3, 0.4) is 0 Å². The van der Waals surface area contributed by atoms with Crippen LogP contribution >= 0.6 is 0 Å². The Kier molecular flexibility index (Phi) is 1.98. The number of halogens is 3. The van der Waals surface area contributed by atoms with Gasteiger partial charge in [0, 0.05) is 11.6 Å². The van der Waals surface area contributed by atoms with E-state index in [0.717, 1.165) is 11.6 Å². The lowest BCUT2D eigenvalue weighted by atomic mass is 10.1. The molecule has 0 unspecified atom stereocenters. The molecule has 1 aromatic carbocycles. The van der Waals surface area contributed by atoms with Crippen molar-refractivity contribution in [2.75, 3.05) is 0 Å². The van der Waals surface area contributed by atoms with Gasteiger partial charge in [-0.25, -0.2) is 13.2 Å². The molecule has 0 amide bonds. The third-order valence-corrected chi connectivity index (χ3v) is 2.30. The van der Waals surface area contributed by atoms with E-state index in [4.69, 9.17) is 0 Å². The molecule has 0 atom stereocenters. The fourth-order valence-electron chi connectivity index (χ4n) is 1.49. The number of aromatic nitrogens is 1. The van der Waals surface area contributed by atoms with Crippen LogP contribution in [0.25, 0.3) is 10.9 Å². The standard InChI is InChI=1S/C10H8F3N/c1-5-4-14-10-6(5)2-8(12)7(3-11)9(10)13/h2,4,14H,3H2,1H3. The predicted molar refractivity (Wildman–Crippen MR) is 47.8 cm³/mol. The van der Waals surface area contributed by atoms with Gasteiger partial charge in [0.1, 0.15) is 12.5 Å². The Morgan fingerprint density at radius 2 is 2.07 bits per heavy atom. The summed E-state index contributed by atoms with van der Waals surface area (Å²) in [6.07, 6.45) is 1.56. The molecular formula is C10H8F3N. The zero-order valence-corrected chi connectivity index (χ0v) is 7.50. The number of hydrogen-bond acceptors (Lipinski definition) is 0. The first kappa shape index (κ1) is 9.12. The summed E-state index contributed by atoms with van der Waals surface area (Å²) in [4.78, 5) is 2.65. The zero-order valence-electron chi connectivity index (χ0n) is 7.50. The number of H-pyrrole nitrogens is 1. The summed E-state index contributed by atoms with van der Waals surface area (Å²) in [5, 5.41) is 0.456. The lowest BCUT2D eigenvalue weighted by molar-refractivity contribution is 0.442. The second kappa shape index (κ2) is 3.04. The maximum atomic E-state index is 13.4. The summed E-state index contributed by atoms with van der Waals surface area (Å²) >= 11 is 0. The lowest BCUT2D eigenvalue weighted by Crippen LogP contribution is -1.94. The molecule has 0 fully saturated rings. The van der Waals surface area contributed by atoms with Crippen molar-refractivity contribution < 1.29 is 13.2 Å². The van der Waals surface area contributed by atoms with Gasteiger partial charge >= 0.3 is 0 Å². The van der Waals surface area contributed by atoms with Gasteiger partial charge < -0.3 is 4.98 Å². The van der Waals surface area contributed by atoms with E-state index in [1.807, 2.05) is 0 Å². The summed E-state index contributed by atoms with van der Waals surface area (Å²) in [5.74, 6) is -1.67. The van der Waals surface area contributed by atoms with Crippen LogP contribution in [0, 0.1) is 18.6 Å². The van der Waals surface area contributed by atoms with Crippen LogP contribution < -0.4 is 0 Å². The number of fused-ring (bicyclic) bond motifs is 1. The van der Waals surface area contributed by atoms with E-state index in [9.17, 15) is 13.2 Å². The van der Waals surface area contributed by atoms with Crippen LogP contribution in [0.2, 0.25) is 0 Å². The highest BCUT2D eigenvalue weighted by Crippen LogP contribution is 2.26. The Balaban J connectivity index is 2.87. The van der Waals surface area contributed by atoms with Gasteiger partial charge in [0.2, 0.25) is 0 Å². The van der Waals surface area contributed by atoms with Gasteiger partial charge in [0.15, 0.2) is 5.82 Å². The molecular weight excluding hydrogens is 191 g/mol. The number of aromatic amines is 1. The lowest BCUT2D eigenvalue weighted by Gasteiger charge is -2.01. The summed E-state index contributed by atoms with van der Waals surface area (Å²) < 4.78 is 38.9. The molecule has 0 spiro atoms. The predicted octanol–water partition coefficient (Wildman–Crippen LogP) is 3.22. The first-order valence-electron chi connectivity index (χ1n) is 4.15. The zero-order chi connectivity index (χ0) is 10.3. The molecule has 14 heavy (non-hydrogen) atoms. The molecule has 0 bridgehead atoms. The normalized spacial score (nSPS) is 11.1. The average Bonchev–Trinajstić information content (AvgIpc) is 2.49. The molecule has 1 aromatic heterocycles. The number of aryl methyl sites for hydroxylation is 1. The first-order chi connectivity index (χ1) is 6.65. The summed E-state index contributed by atoms with van der Waals surface area (Å²) in [6.45, 7) is 0.596. The number of nitrogens with one attached hydrogen (secondary N) is 1. The van der Waals surface area contributed by atoms with E-state index in [-0.39, 0.29) is 5.52 Å². The Bertz CT molecular complexity index is 488. The Morgan fingerprint density at radius 1 is 1.36 bits per heavy atom. The van der Waals surface area contributed by atoms with Crippen LogP contribution in [0.4, 0.5) is 13.2 Å². The van der Waals surface area contributed by atoms with Crippen molar-refractivity contribution in [1.29, 1.82) is 0 Å². The van der Waals surface area contributed by atoms with Crippen molar-refractivity contribution in [3.63, 3.8) is 0 Å². The number of benzene rings is 1. The summed E-state index contributed by atoms with van der Waals surface area (Å²) in [5.41, 5.74) is 0.388. The van der Waals surface area contributed by atoms with E-state index >= 15 is 0 Å². The topological polar surface area (TPSA) is 15.8 Å². The van der Waals surface area contributed by atoms with Crippen molar-refractivity contribution in [3.8, 4) is 0 Å². The molecule has 0 radical (unpaired) electrons. The molecule has 74 valence electrons. The fourth-order valence-corrected chi connectivity index (χ4v) is 1.49. The van der Waals surface area contributed by atoms with Gasteiger partial charge in [-0.1, -0.05) is 0 Å². The quantitative estimate of drug-likeness (QED) is 0.725. The van der Waals surface area contributed by atoms with Gasteiger partial charge in [-0.15, -0.1) is 0 Å². The molecule has 1 nitrogen and oxygen atoms in total. The summed E-state index contributed by atoms with van der Waals surface area (Å²) in [6, 6.07) is 1.15. The van der Waals surface area contributed by atoms with E-state index < -0.39 is 23.9 Å². The molecule has 2 rings (SSSR count). The number of rotatable bonds is 1. The molecule has 0 aliphatic rings. The smallest absolute Gasteiger partial charge is 0.156 e. The second-order valence-corrected chi connectivity index (χ2v) is 3.18. The largest absolute Gasteiger partial charge is 0.359 e. The monoisotopic (exact) mass is 199 g/mol. The van der Waals surface area contributed by atoms with Crippen molar-refractivity contribution in [3.05, 3.63) is 35.0 Å². The maximum absolute atomic E-state index is 13.4. The molecule has 1 N–H and O–H groups in total. The molecule has 0 aliphatic heterocycles. The van der Waals surface area contributed by atoms with E-state index in [0.29, 0.717) is 5.39 Å². The third kappa shape index (κ3) is 1.10. The first-order valence-corrected chi connectivity index (χ1v) is 4.15. The van der Waals surface area contributed by atoms with Gasteiger partial charge in [-0.2, -0.15) is 0 Å². The maximum Gasteiger partial charge on any atom is 0.156 e. The van der Waals surface area contributed by atoms with Crippen LogP contribution in [0.1, 0.15) is 11.1 Å². The Morgan fingerprint density at radius 3 is 2.71 bits per heavy atom. The molecule has 4 heteroatoms. The van der Waals surface area contributed by atoms with Gasteiger partial charge in [0.25, 0.3) is 0 Å². The van der Waals surface area contributed by atoms with Crippen molar-refractivity contribution >= 4 is 10.9 Å². The number of hydrogen-bond donors (Lipinski definition) is 1. The van der Waals surface area contributed by atoms with Crippen LogP contribution in [0.5, 0.6) is 0 Å². The highest BCUT2D eigenvalue weighted by molar-refractivity contribution is 5.84. The van der Waals surface area contributed by atoms with Crippen LogP contribution in [-0.4, -0.2) is 4.98 Å². The van der Waals surface area contributed by atoms with E-state index in [1.54, 1.807) is 13.1 Å². The minimum Gasteiger partial charge on any atom is -0.359 e. The number of alkyl halides is 1. The van der Waals surface area contributed by atoms with Gasteiger partial charge in [-0.3, -0.25) is 0 Å². The SMILES string of the molecule is Cc1c[nH]c2c(F)c(CF)c(F)cc12.